The van der Waals surface area contributed by atoms with E-state index in [4.69, 9.17) is 0 Å². The molecule has 1 aromatic heterocycles. The fourth-order valence-electron chi connectivity index (χ4n) is 3.45. The third-order valence-corrected chi connectivity index (χ3v) is 5.69. The van der Waals surface area contributed by atoms with Crippen LogP contribution in [0.3, 0.4) is 0 Å². The molecule has 0 radical (unpaired) electrons. The van der Waals surface area contributed by atoms with Crippen LogP contribution in [-0.4, -0.2) is 34.1 Å². The summed E-state index contributed by atoms with van der Waals surface area (Å²) < 4.78 is 0. The van der Waals surface area contributed by atoms with Crippen molar-refractivity contribution in [3.05, 3.63) is 36.5 Å². The molecule has 3 rings (SSSR count). The maximum atomic E-state index is 12.7. The molecular weight excluding hydrogens is 304 g/mol. The summed E-state index contributed by atoms with van der Waals surface area (Å²) in [4.78, 5) is 20.3. The first-order valence-electron chi connectivity index (χ1n) is 8.55. The molecular formula is C19H24N2OS. The molecule has 1 fully saturated rings. The molecule has 1 heterocycles. The summed E-state index contributed by atoms with van der Waals surface area (Å²) in [5.74, 6) is 0.781. The van der Waals surface area contributed by atoms with Crippen LogP contribution in [-0.2, 0) is 4.79 Å². The highest BCUT2D eigenvalue weighted by atomic mass is 32.2. The van der Waals surface area contributed by atoms with Crippen LogP contribution in [0.15, 0.2) is 41.4 Å². The summed E-state index contributed by atoms with van der Waals surface area (Å²) >= 11 is 1.63. The fraction of sp³-hybridized carbons (Fsp3) is 0.474. The van der Waals surface area contributed by atoms with Gasteiger partial charge in [0.1, 0.15) is 0 Å². The highest BCUT2D eigenvalue weighted by molar-refractivity contribution is 8.00. The van der Waals surface area contributed by atoms with Crippen LogP contribution >= 0.6 is 11.8 Å². The predicted octanol–water partition coefficient (Wildman–Crippen LogP) is 4.51. The Kier molecular flexibility index (Phi) is 5.55. The number of para-hydroxylation sites is 1. The van der Waals surface area contributed by atoms with Gasteiger partial charge in [-0.3, -0.25) is 9.78 Å². The van der Waals surface area contributed by atoms with Gasteiger partial charge < -0.3 is 4.90 Å². The Bertz CT molecular complexity index is 662. The predicted molar refractivity (Wildman–Crippen MR) is 96.7 cm³/mol. The van der Waals surface area contributed by atoms with E-state index in [1.54, 1.807) is 11.8 Å². The lowest BCUT2D eigenvalue weighted by molar-refractivity contribution is -0.131. The van der Waals surface area contributed by atoms with E-state index in [9.17, 15) is 4.79 Å². The molecule has 0 bridgehead atoms. The quantitative estimate of drug-likeness (QED) is 0.757. The van der Waals surface area contributed by atoms with Crippen LogP contribution in [0.4, 0.5) is 0 Å². The molecule has 2 aromatic rings. The number of hydrogen-bond acceptors (Lipinski definition) is 3. The largest absolute Gasteiger partial charge is 0.339 e. The van der Waals surface area contributed by atoms with Gasteiger partial charge in [-0.25, -0.2) is 0 Å². The molecule has 1 aromatic carbocycles. The van der Waals surface area contributed by atoms with Crippen LogP contribution in [0, 0.1) is 0 Å². The van der Waals surface area contributed by atoms with Crippen molar-refractivity contribution >= 4 is 28.6 Å². The molecule has 0 aliphatic heterocycles. The van der Waals surface area contributed by atoms with Gasteiger partial charge in [-0.05, 0) is 31.9 Å². The average Bonchev–Trinajstić information content (AvgIpc) is 2.61. The van der Waals surface area contributed by atoms with Crippen molar-refractivity contribution in [2.24, 2.45) is 0 Å². The Labute approximate surface area is 142 Å². The lowest BCUT2D eigenvalue weighted by Crippen LogP contribution is -2.42. The van der Waals surface area contributed by atoms with Gasteiger partial charge in [0.25, 0.3) is 0 Å². The first-order chi connectivity index (χ1) is 11.3. The van der Waals surface area contributed by atoms with Gasteiger partial charge in [-0.1, -0.05) is 37.5 Å². The second-order valence-electron chi connectivity index (χ2n) is 6.09. The van der Waals surface area contributed by atoms with Crippen molar-refractivity contribution < 1.29 is 4.79 Å². The normalized spacial score (nSPS) is 15.7. The Morgan fingerprint density at radius 3 is 2.78 bits per heavy atom. The molecule has 0 spiro atoms. The van der Waals surface area contributed by atoms with Crippen molar-refractivity contribution in [2.45, 2.75) is 50.0 Å². The molecule has 1 saturated carbocycles. The van der Waals surface area contributed by atoms with E-state index >= 15 is 0 Å². The van der Waals surface area contributed by atoms with Gasteiger partial charge in [0.2, 0.25) is 5.91 Å². The van der Waals surface area contributed by atoms with Crippen molar-refractivity contribution in [2.75, 3.05) is 12.3 Å². The fourth-order valence-corrected chi connectivity index (χ4v) is 4.38. The zero-order chi connectivity index (χ0) is 16.1. The number of fused-ring (bicyclic) bond motifs is 1. The first kappa shape index (κ1) is 16.3. The lowest BCUT2D eigenvalue weighted by Gasteiger charge is -2.33. The molecule has 0 saturated heterocycles. The highest BCUT2D eigenvalue weighted by Crippen LogP contribution is 2.28. The molecule has 1 aliphatic rings. The number of benzene rings is 1. The third kappa shape index (κ3) is 3.86. The molecule has 1 amide bonds. The number of hydrogen-bond donors (Lipinski definition) is 0. The van der Waals surface area contributed by atoms with Crippen molar-refractivity contribution in [1.82, 2.24) is 9.88 Å². The Morgan fingerprint density at radius 1 is 1.22 bits per heavy atom. The maximum Gasteiger partial charge on any atom is 0.233 e. The molecule has 0 N–H and O–H groups in total. The molecule has 122 valence electrons. The van der Waals surface area contributed by atoms with Gasteiger partial charge in [0, 0.05) is 29.1 Å². The highest BCUT2D eigenvalue weighted by Gasteiger charge is 2.24. The van der Waals surface area contributed by atoms with Crippen LogP contribution in [0.25, 0.3) is 10.9 Å². The zero-order valence-corrected chi connectivity index (χ0v) is 14.5. The first-order valence-corrected chi connectivity index (χ1v) is 9.54. The van der Waals surface area contributed by atoms with Crippen LogP contribution in [0.1, 0.15) is 39.0 Å². The SMILES string of the molecule is CCN(C(=O)CSc1ccnc2ccccc12)C1CCCCC1. The van der Waals surface area contributed by atoms with Crippen molar-refractivity contribution in [1.29, 1.82) is 0 Å². The zero-order valence-electron chi connectivity index (χ0n) is 13.7. The molecule has 1 aliphatic carbocycles. The number of carbonyl (C=O) groups is 1. The average molecular weight is 328 g/mol. The van der Waals surface area contributed by atoms with E-state index < -0.39 is 0 Å². The molecule has 23 heavy (non-hydrogen) atoms. The monoisotopic (exact) mass is 328 g/mol. The van der Waals surface area contributed by atoms with Gasteiger partial charge >= 0.3 is 0 Å². The minimum absolute atomic E-state index is 0.269. The third-order valence-electron chi connectivity index (χ3n) is 4.64. The van der Waals surface area contributed by atoms with Gasteiger partial charge in [-0.2, -0.15) is 0 Å². The molecule has 4 heteroatoms. The Hall–Kier alpha value is -1.55. The number of pyridine rings is 1. The minimum Gasteiger partial charge on any atom is -0.339 e. The smallest absolute Gasteiger partial charge is 0.233 e. The van der Waals surface area contributed by atoms with E-state index in [-0.39, 0.29) is 5.91 Å². The summed E-state index contributed by atoms with van der Waals surface area (Å²) in [6.45, 7) is 2.92. The number of aromatic nitrogens is 1. The van der Waals surface area contributed by atoms with Gasteiger partial charge in [0.05, 0.1) is 11.3 Å². The number of nitrogens with zero attached hydrogens (tertiary/aromatic N) is 2. The molecule has 0 atom stereocenters. The van der Waals surface area contributed by atoms with E-state index in [1.165, 1.54) is 32.1 Å². The molecule has 3 nitrogen and oxygen atoms in total. The summed E-state index contributed by atoms with van der Waals surface area (Å²) in [6, 6.07) is 10.6. The number of rotatable bonds is 5. The molecule has 0 unspecified atom stereocenters. The van der Waals surface area contributed by atoms with E-state index in [2.05, 4.69) is 22.9 Å². The van der Waals surface area contributed by atoms with Crippen molar-refractivity contribution in [3.63, 3.8) is 0 Å². The van der Waals surface area contributed by atoms with E-state index in [1.807, 2.05) is 30.5 Å². The Balaban J connectivity index is 1.67. The lowest BCUT2D eigenvalue weighted by atomic mass is 9.94. The van der Waals surface area contributed by atoms with Crippen molar-refractivity contribution in [3.8, 4) is 0 Å². The van der Waals surface area contributed by atoms with Gasteiger partial charge in [-0.15, -0.1) is 11.8 Å². The van der Waals surface area contributed by atoms with Crippen LogP contribution < -0.4 is 0 Å². The summed E-state index contributed by atoms with van der Waals surface area (Å²) in [6.07, 6.45) is 8.01. The van der Waals surface area contributed by atoms with Crippen LogP contribution in [0.5, 0.6) is 0 Å². The van der Waals surface area contributed by atoms with Crippen LogP contribution in [0.2, 0.25) is 0 Å². The summed E-state index contributed by atoms with van der Waals surface area (Å²) in [7, 11) is 0. The topological polar surface area (TPSA) is 33.2 Å². The van der Waals surface area contributed by atoms with Gasteiger partial charge in [0.15, 0.2) is 0 Å². The maximum absolute atomic E-state index is 12.7. The Morgan fingerprint density at radius 2 is 2.00 bits per heavy atom. The number of carbonyl (C=O) groups excluding carboxylic acids is 1. The second kappa shape index (κ2) is 7.82. The minimum atomic E-state index is 0.269. The number of amides is 1. The summed E-state index contributed by atoms with van der Waals surface area (Å²) in [5, 5.41) is 1.13. The van der Waals surface area contributed by atoms with E-state index in [0.717, 1.165) is 22.3 Å². The summed E-state index contributed by atoms with van der Waals surface area (Å²) in [5.41, 5.74) is 0.990. The van der Waals surface area contributed by atoms with E-state index in [0.29, 0.717) is 11.8 Å². The number of thioether (sulfide) groups is 1. The second-order valence-corrected chi connectivity index (χ2v) is 7.10. The standard InChI is InChI=1S/C19H24N2OS/c1-2-21(15-8-4-3-5-9-15)19(22)14-23-18-12-13-20-17-11-7-6-10-16(17)18/h6-7,10-13,15H,2-5,8-9,14H2,1H3.